The van der Waals surface area contributed by atoms with E-state index in [1.165, 1.54) is 25.1 Å². The van der Waals surface area contributed by atoms with Gasteiger partial charge < -0.3 is 14.5 Å². The molecule has 2 N–H and O–H groups in total. The van der Waals surface area contributed by atoms with Crippen molar-refractivity contribution in [2.24, 2.45) is 5.10 Å². The lowest BCUT2D eigenvalue weighted by Crippen LogP contribution is -2.22. The molecule has 0 aliphatic heterocycles. The van der Waals surface area contributed by atoms with Gasteiger partial charge in [0.1, 0.15) is 12.4 Å². The number of rotatable bonds is 8. The molecule has 0 atom stereocenters. The zero-order valence-corrected chi connectivity index (χ0v) is 13.8. The second-order valence-corrected chi connectivity index (χ2v) is 5.57. The van der Waals surface area contributed by atoms with Gasteiger partial charge in [-0.2, -0.15) is 5.10 Å². The highest BCUT2D eigenvalue weighted by atomic mass is 32.2. The first-order chi connectivity index (χ1) is 11.7. The molecule has 1 heterocycles. The molecule has 0 radical (unpaired) electrons. The molecule has 0 fully saturated rings. The Morgan fingerprint density at radius 3 is 2.75 bits per heavy atom. The number of hydrogen-bond acceptors (Lipinski definition) is 6. The number of nitrogens with one attached hydrogen (secondary N) is 2. The fourth-order valence-electron chi connectivity index (χ4n) is 1.67. The first kappa shape index (κ1) is 17.8. The number of hydrazone groups is 1. The molecule has 8 heteroatoms. The maximum absolute atomic E-state index is 11.8. The Morgan fingerprint density at radius 2 is 2.00 bits per heavy atom. The van der Waals surface area contributed by atoms with Gasteiger partial charge in [0.25, 0.3) is 5.91 Å². The van der Waals surface area contributed by atoms with E-state index in [1.807, 2.05) is 30.3 Å². The van der Waals surface area contributed by atoms with Crippen molar-refractivity contribution in [2.45, 2.75) is 5.09 Å². The third-order valence-electron chi connectivity index (χ3n) is 2.66. The number of para-hydroxylation sites is 1. The highest BCUT2D eigenvalue weighted by Crippen LogP contribution is 2.20. The van der Waals surface area contributed by atoms with E-state index < -0.39 is 0 Å². The largest absolute Gasteiger partial charge is 0.449 e. The molecule has 0 aliphatic carbocycles. The van der Waals surface area contributed by atoms with Gasteiger partial charge in [0, 0.05) is 12.8 Å². The van der Waals surface area contributed by atoms with Gasteiger partial charge in [-0.3, -0.25) is 9.59 Å². The van der Waals surface area contributed by atoms with E-state index in [0.717, 1.165) is 5.69 Å². The van der Waals surface area contributed by atoms with E-state index >= 15 is 0 Å². The minimum atomic E-state index is -0.354. The molecule has 126 valence electrons. The fraction of sp³-hybridized carbons (Fsp3) is 0.188. The van der Waals surface area contributed by atoms with Gasteiger partial charge in [-0.1, -0.05) is 30.0 Å². The molecule has 0 aliphatic rings. The molecule has 7 nitrogen and oxygen atoms in total. The monoisotopic (exact) mass is 347 g/mol. The molecule has 1 aromatic heterocycles. The lowest BCUT2D eigenvalue weighted by atomic mass is 10.3. The summed E-state index contributed by atoms with van der Waals surface area (Å²) in [5.41, 5.74) is 3.05. The van der Waals surface area contributed by atoms with Gasteiger partial charge in [0.15, 0.2) is 5.09 Å². The number of carbonyl (C=O) groups is 2. The van der Waals surface area contributed by atoms with Gasteiger partial charge in [-0.05, 0) is 24.3 Å². The number of hydrogen-bond donors (Lipinski definition) is 2. The zero-order chi connectivity index (χ0) is 17.2. The van der Waals surface area contributed by atoms with Crippen molar-refractivity contribution in [1.29, 1.82) is 0 Å². The van der Waals surface area contributed by atoms with Crippen LogP contribution in [0, 0.1) is 0 Å². The number of carbonyl (C=O) groups excluding carboxylic acids is 2. The van der Waals surface area contributed by atoms with Gasteiger partial charge in [-0.25, -0.2) is 5.43 Å². The Balaban J connectivity index is 1.76. The average Bonchev–Trinajstić information content (AvgIpc) is 3.02. The van der Waals surface area contributed by atoms with Crippen molar-refractivity contribution >= 4 is 35.5 Å². The van der Waals surface area contributed by atoms with Crippen molar-refractivity contribution in [3.05, 3.63) is 48.2 Å². The predicted octanol–water partition coefficient (Wildman–Crippen LogP) is 2.11. The first-order valence-electron chi connectivity index (χ1n) is 7.06. The van der Waals surface area contributed by atoms with Gasteiger partial charge in [-0.15, -0.1) is 0 Å². The van der Waals surface area contributed by atoms with Crippen LogP contribution in [-0.4, -0.2) is 37.5 Å². The predicted molar refractivity (Wildman–Crippen MR) is 92.1 cm³/mol. The van der Waals surface area contributed by atoms with E-state index in [4.69, 9.17) is 4.42 Å². The van der Waals surface area contributed by atoms with Crippen LogP contribution in [0.5, 0.6) is 0 Å². The fourth-order valence-corrected chi connectivity index (χ4v) is 2.33. The van der Waals surface area contributed by atoms with Crippen LogP contribution in [0.3, 0.4) is 0 Å². The summed E-state index contributed by atoms with van der Waals surface area (Å²) in [6.45, 7) is -0.0624. The summed E-state index contributed by atoms with van der Waals surface area (Å²) in [5, 5.41) is 7.11. The third-order valence-corrected chi connectivity index (χ3v) is 3.57. The van der Waals surface area contributed by atoms with Crippen molar-refractivity contribution in [3.63, 3.8) is 0 Å². The highest BCUT2D eigenvalue weighted by Gasteiger charge is 2.06. The lowest BCUT2D eigenvalue weighted by Gasteiger charge is -2.03. The molecule has 0 saturated carbocycles. The molecule has 0 unspecified atom stereocenters. The summed E-state index contributed by atoms with van der Waals surface area (Å²) >= 11 is 1.27. The number of thioether (sulfide) groups is 1. The van der Waals surface area contributed by atoms with E-state index in [-0.39, 0.29) is 24.2 Å². The zero-order valence-electron chi connectivity index (χ0n) is 13.0. The summed E-state index contributed by atoms with van der Waals surface area (Å²) in [7, 11) is 1.42. The number of benzene rings is 1. The molecular weight excluding hydrogens is 330 g/mol. The molecule has 24 heavy (non-hydrogen) atoms. The van der Waals surface area contributed by atoms with Crippen LogP contribution in [0.15, 0.2) is 57.1 Å². The second kappa shape index (κ2) is 9.53. The van der Waals surface area contributed by atoms with Crippen LogP contribution < -0.4 is 10.7 Å². The van der Waals surface area contributed by atoms with E-state index in [9.17, 15) is 9.59 Å². The maximum Gasteiger partial charge on any atom is 0.266 e. The van der Waals surface area contributed by atoms with Gasteiger partial charge in [0.2, 0.25) is 5.91 Å². The van der Waals surface area contributed by atoms with Crippen molar-refractivity contribution in [2.75, 3.05) is 24.8 Å². The van der Waals surface area contributed by atoms with Crippen LogP contribution in [0.2, 0.25) is 0 Å². The third kappa shape index (κ3) is 6.27. The van der Waals surface area contributed by atoms with Crippen LogP contribution in [0.4, 0.5) is 5.69 Å². The van der Waals surface area contributed by atoms with Crippen molar-refractivity contribution in [1.82, 2.24) is 5.43 Å². The standard InChI is InChI=1S/C16H17N3O4S/c1-22-10-14(20)19-17-9-13-7-8-16(23-13)24-11-15(21)18-12-5-3-2-4-6-12/h2-9H,10-11H2,1H3,(H,18,21)(H,19,20)/b17-9+. The Kier molecular flexibility index (Phi) is 7.06. The molecule has 0 bridgehead atoms. The summed E-state index contributed by atoms with van der Waals surface area (Å²) in [6, 6.07) is 12.7. The Hall–Kier alpha value is -2.58. The number of ether oxygens (including phenoxy) is 1. The van der Waals surface area contributed by atoms with Crippen LogP contribution in [0.25, 0.3) is 0 Å². The molecular formula is C16H17N3O4S. The molecule has 1 aromatic carbocycles. The average molecular weight is 347 g/mol. The number of nitrogens with zero attached hydrogens (tertiary/aromatic N) is 1. The molecule has 0 spiro atoms. The Bertz CT molecular complexity index is 700. The number of anilines is 1. The highest BCUT2D eigenvalue weighted by molar-refractivity contribution is 7.99. The summed E-state index contributed by atoms with van der Waals surface area (Å²) in [4.78, 5) is 23.0. The van der Waals surface area contributed by atoms with Crippen LogP contribution >= 0.6 is 11.8 Å². The van der Waals surface area contributed by atoms with E-state index in [1.54, 1.807) is 12.1 Å². The van der Waals surface area contributed by atoms with E-state index in [0.29, 0.717) is 10.9 Å². The minimum Gasteiger partial charge on any atom is -0.449 e. The van der Waals surface area contributed by atoms with Crippen LogP contribution in [0.1, 0.15) is 5.76 Å². The second-order valence-electron chi connectivity index (χ2n) is 4.59. The molecule has 0 saturated heterocycles. The molecule has 2 rings (SSSR count). The van der Waals surface area contributed by atoms with Crippen molar-refractivity contribution < 1.29 is 18.7 Å². The minimum absolute atomic E-state index is 0.0624. The lowest BCUT2D eigenvalue weighted by molar-refractivity contribution is -0.124. The summed E-state index contributed by atoms with van der Waals surface area (Å²) < 4.78 is 10.1. The number of furan rings is 1. The quantitative estimate of drug-likeness (QED) is 0.433. The topological polar surface area (TPSA) is 92.9 Å². The molecule has 2 aromatic rings. The van der Waals surface area contributed by atoms with Crippen molar-refractivity contribution in [3.8, 4) is 0 Å². The van der Waals surface area contributed by atoms with Gasteiger partial charge in [0.05, 0.1) is 12.0 Å². The molecule has 2 amide bonds. The first-order valence-corrected chi connectivity index (χ1v) is 8.04. The van der Waals surface area contributed by atoms with E-state index in [2.05, 4.69) is 20.6 Å². The van der Waals surface area contributed by atoms with Crippen LogP contribution in [-0.2, 0) is 14.3 Å². The Labute approximate surface area is 143 Å². The number of methoxy groups -OCH3 is 1. The maximum atomic E-state index is 11.8. The summed E-state index contributed by atoms with van der Waals surface area (Å²) in [6.07, 6.45) is 1.38. The normalized spacial score (nSPS) is 10.7. The smallest absolute Gasteiger partial charge is 0.266 e. The van der Waals surface area contributed by atoms with Gasteiger partial charge >= 0.3 is 0 Å². The number of amides is 2. The SMILES string of the molecule is COCC(=O)N/N=C/c1ccc(SCC(=O)Nc2ccccc2)o1. The Morgan fingerprint density at radius 1 is 1.21 bits per heavy atom. The summed E-state index contributed by atoms with van der Waals surface area (Å²) in [5.74, 6) is 0.222.